The van der Waals surface area contributed by atoms with Gasteiger partial charge in [-0.3, -0.25) is 9.78 Å². The molecule has 41 heavy (non-hydrogen) atoms. The third-order valence-corrected chi connectivity index (χ3v) is 7.26. The molecule has 0 radical (unpaired) electrons. The van der Waals surface area contributed by atoms with Crippen LogP contribution >= 0.6 is 0 Å². The molecule has 2 N–H and O–H groups in total. The van der Waals surface area contributed by atoms with E-state index >= 15 is 0 Å². The predicted molar refractivity (Wildman–Crippen MR) is 159 cm³/mol. The minimum Gasteiger partial charge on any atom is -0.490 e. The Bertz CT molecular complexity index is 1490. The fourth-order valence-electron chi connectivity index (χ4n) is 4.83. The summed E-state index contributed by atoms with van der Waals surface area (Å²) in [5, 5.41) is 12.8. The number of para-hydroxylation sites is 2. The van der Waals surface area contributed by atoms with Crippen LogP contribution < -0.4 is 19.7 Å². The van der Waals surface area contributed by atoms with E-state index in [1.807, 2.05) is 67.6 Å². The number of rotatable bonds is 10. The van der Waals surface area contributed by atoms with E-state index in [4.69, 9.17) is 14.5 Å². The maximum atomic E-state index is 11.6. The molecular formula is C32H35N5O4. The Morgan fingerprint density at radius 1 is 1.05 bits per heavy atom. The molecule has 4 aromatic rings. The molecule has 1 aliphatic heterocycles. The number of aliphatic carboxylic acids is 1. The molecule has 1 fully saturated rings. The standard InChI is InChI=1S/C32H35N5O4/c1-4-40-26-9-5-6-10-27(26)41-25-8-7-17-37(21-25)30-20-33-19-29(36-30)35-28-18-23(15-16-34-28)22-11-13-24(14-12-22)32(2,3)31(38)39/h5-6,9-16,18-20,25H,4,7-8,17,21H2,1-3H3,(H,38,39)(H,34,35,36). The van der Waals surface area contributed by atoms with E-state index < -0.39 is 11.4 Å². The van der Waals surface area contributed by atoms with Crippen molar-refractivity contribution in [1.82, 2.24) is 15.0 Å². The van der Waals surface area contributed by atoms with Crippen LogP contribution in [0.25, 0.3) is 11.1 Å². The lowest BCUT2D eigenvalue weighted by atomic mass is 9.84. The van der Waals surface area contributed by atoms with Crippen LogP contribution in [0.4, 0.5) is 17.5 Å². The summed E-state index contributed by atoms with van der Waals surface area (Å²) < 4.78 is 12.1. The van der Waals surface area contributed by atoms with E-state index in [9.17, 15) is 9.90 Å². The van der Waals surface area contributed by atoms with E-state index in [0.717, 1.165) is 53.4 Å². The molecule has 0 aliphatic carbocycles. The number of carbonyl (C=O) groups is 1. The molecule has 1 atom stereocenters. The van der Waals surface area contributed by atoms with Crippen molar-refractivity contribution < 1.29 is 19.4 Å². The second-order valence-electron chi connectivity index (χ2n) is 10.5. The minimum absolute atomic E-state index is 0.00887. The topological polar surface area (TPSA) is 110 Å². The zero-order chi connectivity index (χ0) is 28.8. The first-order valence-electron chi connectivity index (χ1n) is 13.9. The molecule has 1 saturated heterocycles. The highest BCUT2D eigenvalue weighted by molar-refractivity contribution is 5.80. The van der Waals surface area contributed by atoms with Crippen molar-refractivity contribution in [3.05, 3.63) is 84.8 Å². The second kappa shape index (κ2) is 12.2. The zero-order valence-corrected chi connectivity index (χ0v) is 23.6. The average molecular weight is 554 g/mol. The summed E-state index contributed by atoms with van der Waals surface area (Å²) in [4.78, 5) is 27.5. The SMILES string of the molecule is CCOc1ccccc1OC1CCCN(c2cncc(Nc3cc(-c4ccc(C(C)(C)C(=O)O)cc4)ccn3)n2)C1. The van der Waals surface area contributed by atoms with Crippen LogP contribution in [0.3, 0.4) is 0 Å². The van der Waals surface area contributed by atoms with Gasteiger partial charge in [-0.1, -0.05) is 36.4 Å². The summed E-state index contributed by atoms with van der Waals surface area (Å²) >= 11 is 0. The minimum atomic E-state index is -0.957. The van der Waals surface area contributed by atoms with Gasteiger partial charge in [-0.25, -0.2) is 9.97 Å². The average Bonchev–Trinajstić information content (AvgIpc) is 2.99. The van der Waals surface area contributed by atoms with Crippen LogP contribution in [-0.2, 0) is 10.2 Å². The van der Waals surface area contributed by atoms with Crippen molar-refractivity contribution >= 4 is 23.4 Å². The number of anilines is 3. The first-order chi connectivity index (χ1) is 19.8. The number of benzene rings is 2. The third-order valence-electron chi connectivity index (χ3n) is 7.26. The van der Waals surface area contributed by atoms with Crippen molar-refractivity contribution in [2.24, 2.45) is 0 Å². The molecule has 1 aliphatic rings. The smallest absolute Gasteiger partial charge is 0.313 e. The molecule has 0 amide bonds. The number of ether oxygens (including phenoxy) is 2. The van der Waals surface area contributed by atoms with Gasteiger partial charge in [0, 0.05) is 12.7 Å². The van der Waals surface area contributed by atoms with Gasteiger partial charge in [-0.2, -0.15) is 0 Å². The van der Waals surface area contributed by atoms with Crippen LogP contribution in [0.1, 0.15) is 39.2 Å². The van der Waals surface area contributed by atoms with E-state index in [1.54, 1.807) is 32.4 Å². The third kappa shape index (κ3) is 6.57. The molecule has 2 aromatic heterocycles. The lowest BCUT2D eigenvalue weighted by molar-refractivity contribution is -0.142. The maximum absolute atomic E-state index is 11.6. The fourth-order valence-corrected chi connectivity index (χ4v) is 4.83. The molecule has 5 rings (SSSR count). The van der Waals surface area contributed by atoms with Gasteiger partial charge >= 0.3 is 5.97 Å². The van der Waals surface area contributed by atoms with Crippen molar-refractivity contribution in [2.45, 2.75) is 45.1 Å². The van der Waals surface area contributed by atoms with Gasteiger partial charge < -0.3 is 24.8 Å². The largest absolute Gasteiger partial charge is 0.490 e. The Morgan fingerprint density at radius 3 is 2.59 bits per heavy atom. The number of nitrogens with one attached hydrogen (secondary N) is 1. The quantitative estimate of drug-likeness (QED) is 0.241. The van der Waals surface area contributed by atoms with Gasteiger partial charge in [0.25, 0.3) is 0 Å². The molecular weight excluding hydrogens is 518 g/mol. The molecule has 0 saturated carbocycles. The summed E-state index contributed by atoms with van der Waals surface area (Å²) in [6.45, 7) is 7.52. The highest BCUT2D eigenvalue weighted by Gasteiger charge is 2.29. The van der Waals surface area contributed by atoms with Crippen molar-refractivity contribution in [2.75, 3.05) is 29.9 Å². The second-order valence-corrected chi connectivity index (χ2v) is 10.5. The molecule has 9 heteroatoms. The summed E-state index contributed by atoms with van der Waals surface area (Å²) in [5.74, 6) is 2.66. The van der Waals surface area contributed by atoms with Crippen molar-refractivity contribution in [1.29, 1.82) is 0 Å². The Balaban J connectivity index is 1.27. The highest BCUT2D eigenvalue weighted by Crippen LogP contribution is 2.31. The highest BCUT2D eigenvalue weighted by atomic mass is 16.5. The summed E-state index contributed by atoms with van der Waals surface area (Å²) in [7, 11) is 0. The number of carboxylic acid groups (broad SMARTS) is 1. The van der Waals surface area contributed by atoms with Crippen LogP contribution in [0.2, 0.25) is 0 Å². The number of aromatic nitrogens is 3. The molecule has 3 heterocycles. The first kappa shape index (κ1) is 27.9. The van der Waals surface area contributed by atoms with Gasteiger partial charge in [-0.05, 0) is 74.6 Å². The first-order valence-corrected chi connectivity index (χ1v) is 13.9. The lowest BCUT2D eigenvalue weighted by Gasteiger charge is -2.33. The van der Waals surface area contributed by atoms with E-state index in [0.29, 0.717) is 24.8 Å². The van der Waals surface area contributed by atoms with Crippen molar-refractivity contribution in [3.8, 4) is 22.6 Å². The number of hydrogen-bond acceptors (Lipinski definition) is 8. The molecule has 2 aromatic carbocycles. The van der Waals surface area contributed by atoms with Gasteiger partial charge in [0.1, 0.15) is 17.7 Å². The van der Waals surface area contributed by atoms with Gasteiger partial charge in [0.15, 0.2) is 17.3 Å². The van der Waals surface area contributed by atoms with Crippen molar-refractivity contribution in [3.63, 3.8) is 0 Å². The molecule has 9 nitrogen and oxygen atoms in total. The van der Waals surface area contributed by atoms with Crippen LogP contribution in [0.5, 0.6) is 11.5 Å². The fraction of sp³-hybridized carbons (Fsp3) is 0.312. The molecule has 0 bridgehead atoms. The summed E-state index contributed by atoms with van der Waals surface area (Å²) in [6, 6.07) is 19.2. The van der Waals surface area contributed by atoms with E-state index in [2.05, 4.69) is 20.2 Å². The Labute approximate surface area is 240 Å². The number of hydrogen-bond donors (Lipinski definition) is 2. The van der Waals surface area contributed by atoms with E-state index in [1.165, 1.54) is 0 Å². The Hall–Kier alpha value is -4.66. The Kier molecular flexibility index (Phi) is 8.33. The maximum Gasteiger partial charge on any atom is 0.313 e. The summed E-state index contributed by atoms with van der Waals surface area (Å²) in [6.07, 6.45) is 7.12. The summed E-state index contributed by atoms with van der Waals surface area (Å²) in [5.41, 5.74) is 1.71. The molecule has 1 unspecified atom stereocenters. The van der Waals surface area contributed by atoms with Crippen LogP contribution in [-0.4, -0.2) is 51.8 Å². The van der Waals surface area contributed by atoms with Gasteiger partial charge in [0.05, 0.1) is 31.0 Å². The number of piperidine rings is 1. The predicted octanol–water partition coefficient (Wildman–Crippen LogP) is 6.09. The normalized spacial score (nSPS) is 15.3. The van der Waals surface area contributed by atoms with Crippen LogP contribution in [0.15, 0.2) is 79.3 Å². The number of nitrogens with zero attached hydrogens (tertiary/aromatic N) is 4. The zero-order valence-electron chi connectivity index (χ0n) is 23.6. The van der Waals surface area contributed by atoms with Crippen LogP contribution in [0, 0.1) is 0 Å². The number of carboxylic acids is 1. The lowest BCUT2D eigenvalue weighted by Crippen LogP contribution is -2.41. The molecule has 212 valence electrons. The monoisotopic (exact) mass is 553 g/mol. The molecule has 0 spiro atoms. The number of pyridine rings is 1. The van der Waals surface area contributed by atoms with E-state index in [-0.39, 0.29) is 6.10 Å². The Morgan fingerprint density at radius 2 is 1.83 bits per heavy atom. The van der Waals surface area contributed by atoms with Gasteiger partial charge in [0.2, 0.25) is 0 Å². The van der Waals surface area contributed by atoms with Gasteiger partial charge in [-0.15, -0.1) is 0 Å².